The van der Waals surface area contributed by atoms with E-state index in [9.17, 15) is 0 Å². The lowest BCUT2D eigenvalue weighted by atomic mass is 10.3. The highest BCUT2D eigenvalue weighted by Crippen LogP contribution is 2.25. The summed E-state index contributed by atoms with van der Waals surface area (Å²) in [7, 11) is 0. The molecule has 1 aromatic rings. The van der Waals surface area contributed by atoms with Crippen molar-refractivity contribution < 1.29 is 0 Å². The molecular formula is C9H9ClN2S. The van der Waals surface area contributed by atoms with Crippen LogP contribution in [0, 0.1) is 5.41 Å². The van der Waals surface area contributed by atoms with Gasteiger partial charge in [0.1, 0.15) is 0 Å². The summed E-state index contributed by atoms with van der Waals surface area (Å²) in [5, 5.41) is 9.02. The van der Waals surface area contributed by atoms with Crippen molar-refractivity contribution in [3.63, 3.8) is 0 Å². The van der Waals surface area contributed by atoms with Crippen LogP contribution in [-0.4, -0.2) is 17.5 Å². The third-order valence-electron chi connectivity index (χ3n) is 1.94. The predicted octanol–water partition coefficient (Wildman–Crippen LogP) is 2.83. The minimum atomic E-state index is 0.627. The van der Waals surface area contributed by atoms with Crippen molar-refractivity contribution in [3.8, 4) is 0 Å². The Balaban J connectivity index is 2.25. The third kappa shape index (κ3) is 1.81. The molecule has 1 aromatic carbocycles. The van der Waals surface area contributed by atoms with Gasteiger partial charge in [-0.25, -0.2) is 0 Å². The molecule has 0 amide bonds. The number of anilines is 1. The fraction of sp³-hybridized carbons (Fsp3) is 0.222. The molecule has 0 atom stereocenters. The van der Waals surface area contributed by atoms with Crippen LogP contribution < -0.4 is 4.90 Å². The van der Waals surface area contributed by atoms with Gasteiger partial charge in [0.05, 0.1) is 0 Å². The van der Waals surface area contributed by atoms with Crippen LogP contribution in [0.2, 0.25) is 5.02 Å². The van der Waals surface area contributed by atoms with Crippen LogP contribution >= 0.6 is 23.4 Å². The van der Waals surface area contributed by atoms with E-state index < -0.39 is 0 Å². The largest absolute Gasteiger partial charge is 0.321 e. The first kappa shape index (κ1) is 8.91. The lowest BCUT2D eigenvalue weighted by Gasteiger charge is -2.16. The molecule has 1 saturated heterocycles. The molecule has 2 nitrogen and oxygen atoms in total. The van der Waals surface area contributed by atoms with Crippen molar-refractivity contribution in [2.24, 2.45) is 0 Å². The first-order valence-electron chi connectivity index (χ1n) is 4.02. The Kier molecular flexibility index (Phi) is 2.47. The van der Waals surface area contributed by atoms with E-state index in [1.807, 2.05) is 29.2 Å². The fourth-order valence-corrected chi connectivity index (χ4v) is 2.23. The molecule has 0 bridgehead atoms. The minimum absolute atomic E-state index is 0.627. The molecule has 0 spiro atoms. The Morgan fingerprint density at radius 3 is 2.54 bits per heavy atom. The average Bonchev–Trinajstić information content (AvgIpc) is 2.53. The molecule has 1 fully saturated rings. The van der Waals surface area contributed by atoms with Crippen molar-refractivity contribution in [3.05, 3.63) is 29.3 Å². The summed E-state index contributed by atoms with van der Waals surface area (Å²) < 4.78 is 0. The van der Waals surface area contributed by atoms with Gasteiger partial charge >= 0.3 is 0 Å². The molecule has 4 heteroatoms. The van der Waals surface area contributed by atoms with Crippen molar-refractivity contribution in [1.82, 2.24) is 0 Å². The smallest absolute Gasteiger partial charge is 0.160 e. The summed E-state index contributed by atoms with van der Waals surface area (Å²) in [4.78, 5) is 1.99. The SMILES string of the molecule is N=C1SCCN1c1ccc(Cl)cc1. The number of amidine groups is 1. The molecule has 0 radical (unpaired) electrons. The minimum Gasteiger partial charge on any atom is -0.321 e. The molecule has 2 rings (SSSR count). The van der Waals surface area contributed by atoms with Crippen LogP contribution in [0.5, 0.6) is 0 Å². The number of rotatable bonds is 1. The van der Waals surface area contributed by atoms with Crippen molar-refractivity contribution in [2.45, 2.75) is 0 Å². The number of hydrogen-bond donors (Lipinski definition) is 1. The lowest BCUT2D eigenvalue weighted by molar-refractivity contribution is 1.10. The molecular weight excluding hydrogens is 204 g/mol. The summed E-state index contributed by atoms with van der Waals surface area (Å²) in [5.74, 6) is 1.00. The lowest BCUT2D eigenvalue weighted by Crippen LogP contribution is -2.22. The van der Waals surface area contributed by atoms with Crippen molar-refractivity contribution in [1.29, 1.82) is 5.41 Å². The molecule has 0 unspecified atom stereocenters. The van der Waals surface area contributed by atoms with Gasteiger partial charge in [0, 0.05) is 23.0 Å². The molecule has 68 valence electrons. The number of nitrogens with zero attached hydrogens (tertiary/aromatic N) is 1. The normalized spacial score (nSPS) is 16.7. The van der Waals surface area contributed by atoms with E-state index in [1.54, 1.807) is 11.8 Å². The monoisotopic (exact) mass is 212 g/mol. The Morgan fingerprint density at radius 2 is 2.00 bits per heavy atom. The van der Waals surface area contributed by atoms with Crippen LogP contribution in [0.4, 0.5) is 5.69 Å². The second kappa shape index (κ2) is 3.60. The molecule has 1 N–H and O–H groups in total. The van der Waals surface area contributed by atoms with Gasteiger partial charge in [0.15, 0.2) is 5.17 Å². The van der Waals surface area contributed by atoms with E-state index in [-0.39, 0.29) is 0 Å². The van der Waals surface area contributed by atoms with Gasteiger partial charge in [-0.05, 0) is 24.3 Å². The molecule has 1 heterocycles. The number of thioether (sulfide) groups is 1. The highest BCUT2D eigenvalue weighted by molar-refractivity contribution is 8.14. The van der Waals surface area contributed by atoms with Crippen LogP contribution in [-0.2, 0) is 0 Å². The van der Waals surface area contributed by atoms with Gasteiger partial charge in [-0.15, -0.1) is 0 Å². The van der Waals surface area contributed by atoms with E-state index in [1.165, 1.54) is 0 Å². The Morgan fingerprint density at radius 1 is 1.31 bits per heavy atom. The van der Waals surface area contributed by atoms with Gasteiger partial charge in [-0.3, -0.25) is 5.41 Å². The van der Waals surface area contributed by atoms with E-state index >= 15 is 0 Å². The fourth-order valence-electron chi connectivity index (χ4n) is 1.28. The second-order valence-electron chi connectivity index (χ2n) is 2.78. The second-order valence-corrected chi connectivity index (χ2v) is 4.30. The van der Waals surface area contributed by atoms with Gasteiger partial charge in [0.25, 0.3) is 0 Å². The molecule has 1 aliphatic heterocycles. The molecule has 13 heavy (non-hydrogen) atoms. The third-order valence-corrected chi connectivity index (χ3v) is 3.07. The van der Waals surface area contributed by atoms with Gasteiger partial charge < -0.3 is 4.90 Å². The standard InChI is InChI=1S/C9H9ClN2S/c10-7-1-3-8(4-2-7)12-5-6-13-9(12)11/h1-4,11H,5-6H2. The number of halogens is 1. The molecule has 0 saturated carbocycles. The molecule has 0 aromatic heterocycles. The number of hydrogen-bond acceptors (Lipinski definition) is 2. The van der Waals surface area contributed by atoms with Gasteiger partial charge in [0.2, 0.25) is 0 Å². The highest BCUT2D eigenvalue weighted by Gasteiger charge is 2.18. The Labute approximate surface area is 86.4 Å². The maximum Gasteiger partial charge on any atom is 0.160 e. The number of benzene rings is 1. The zero-order valence-electron chi connectivity index (χ0n) is 6.96. The van der Waals surface area contributed by atoms with E-state index in [4.69, 9.17) is 17.0 Å². The zero-order valence-corrected chi connectivity index (χ0v) is 8.53. The van der Waals surface area contributed by atoms with Crippen LogP contribution in [0.25, 0.3) is 0 Å². The summed E-state index contributed by atoms with van der Waals surface area (Å²) in [6, 6.07) is 7.60. The van der Waals surface area contributed by atoms with E-state index in [0.29, 0.717) is 5.17 Å². The maximum absolute atomic E-state index is 7.65. The first-order chi connectivity index (χ1) is 6.27. The summed E-state index contributed by atoms with van der Waals surface area (Å²) >= 11 is 7.36. The number of nitrogens with one attached hydrogen (secondary N) is 1. The van der Waals surface area contributed by atoms with Crippen molar-refractivity contribution in [2.75, 3.05) is 17.2 Å². The highest BCUT2D eigenvalue weighted by atomic mass is 35.5. The Hall–Kier alpha value is -0.670. The van der Waals surface area contributed by atoms with Crippen LogP contribution in [0.1, 0.15) is 0 Å². The van der Waals surface area contributed by atoms with E-state index in [0.717, 1.165) is 23.0 Å². The molecule has 0 aliphatic carbocycles. The predicted molar refractivity (Wildman–Crippen MR) is 59.0 cm³/mol. The quantitative estimate of drug-likeness (QED) is 0.775. The molecule has 1 aliphatic rings. The van der Waals surface area contributed by atoms with Gasteiger partial charge in [-0.2, -0.15) is 0 Å². The Bertz CT molecular complexity index is 323. The van der Waals surface area contributed by atoms with E-state index in [2.05, 4.69) is 0 Å². The van der Waals surface area contributed by atoms with Gasteiger partial charge in [-0.1, -0.05) is 23.4 Å². The summed E-state index contributed by atoms with van der Waals surface area (Å²) in [6.45, 7) is 0.922. The van der Waals surface area contributed by atoms with Crippen molar-refractivity contribution >= 4 is 34.2 Å². The summed E-state index contributed by atoms with van der Waals surface area (Å²) in [6.07, 6.45) is 0. The topological polar surface area (TPSA) is 27.1 Å². The average molecular weight is 213 g/mol. The summed E-state index contributed by atoms with van der Waals surface area (Å²) in [5.41, 5.74) is 1.06. The zero-order chi connectivity index (χ0) is 9.26. The van der Waals surface area contributed by atoms with Crippen LogP contribution in [0.15, 0.2) is 24.3 Å². The van der Waals surface area contributed by atoms with Crippen LogP contribution in [0.3, 0.4) is 0 Å². The first-order valence-corrected chi connectivity index (χ1v) is 5.38. The maximum atomic E-state index is 7.65.